The third-order valence-corrected chi connectivity index (χ3v) is 4.39. The molecule has 1 aliphatic rings. The number of rotatable bonds is 10. The van der Waals surface area contributed by atoms with Crippen LogP contribution in [0, 0.1) is 5.92 Å². The van der Waals surface area contributed by atoms with Gasteiger partial charge in [0.1, 0.15) is 0 Å². The fraction of sp³-hybridized carbons (Fsp3) is 0.944. The smallest absolute Gasteiger partial charge is 0.234 e. The van der Waals surface area contributed by atoms with Gasteiger partial charge in [0.2, 0.25) is 5.91 Å². The normalized spacial score (nSPS) is 16.9. The van der Waals surface area contributed by atoms with E-state index < -0.39 is 0 Å². The summed E-state index contributed by atoms with van der Waals surface area (Å²) in [4.78, 5) is 11.9. The summed E-state index contributed by atoms with van der Waals surface area (Å²) in [5, 5.41) is 6.46. The third kappa shape index (κ3) is 10.8. The summed E-state index contributed by atoms with van der Waals surface area (Å²) >= 11 is 0. The van der Waals surface area contributed by atoms with Crippen molar-refractivity contribution in [2.75, 3.05) is 13.1 Å². The van der Waals surface area contributed by atoms with E-state index >= 15 is 0 Å². The van der Waals surface area contributed by atoms with Gasteiger partial charge in [-0.25, -0.2) is 0 Å². The first-order valence-corrected chi connectivity index (χ1v) is 9.18. The molecule has 3 nitrogen and oxygen atoms in total. The summed E-state index contributed by atoms with van der Waals surface area (Å²) in [6.07, 6.45) is 14.0. The molecule has 0 radical (unpaired) electrons. The maximum atomic E-state index is 11.9. The molecule has 1 amide bonds. The topological polar surface area (TPSA) is 41.1 Å². The maximum Gasteiger partial charge on any atom is 0.234 e. The molecule has 0 atom stereocenters. The molecule has 0 saturated heterocycles. The van der Waals surface area contributed by atoms with E-state index in [0.29, 0.717) is 12.6 Å². The van der Waals surface area contributed by atoms with E-state index in [9.17, 15) is 4.79 Å². The van der Waals surface area contributed by atoms with E-state index in [1.54, 1.807) is 0 Å². The van der Waals surface area contributed by atoms with Crippen molar-refractivity contribution in [1.29, 1.82) is 0 Å². The summed E-state index contributed by atoms with van der Waals surface area (Å²) in [5.41, 5.74) is 0. The molecule has 21 heavy (non-hydrogen) atoms. The zero-order valence-electron chi connectivity index (χ0n) is 14.3. The van der Waals surface area contributed by atoms with Crippen LogP contribution >= 0.6 is 0 Å². The van der Waals surface area contributed by atoms with E-state index in [-0.39, 0.29) is 5.91 Å². The first kappa shape index (κ1) is 18.5. The molecule has 3 heteroatoms. The molecule has 0 unspecified atom stereocenters. The van der Waals surface area contributed by atoms with Crippen LogP contribution in [0.3, 0.4) is 0 Å². The van der Waals surface area contributed by atoms with Crippen molar-refractivity contribution in [3.63, 3.8) is 0 Å². The van der Waals surface area contributed by atoms with Gasteiger partial charge in [-0.05, 0) is 31.7 Å². The average Bonchev–Trinajstić information content (AvgIpc) is 2.70. The van der Waals surface area contributed by atoms with E-state index in [2.05, 4.69) is 24.5 Å². The molecule has 1 saturated carbocycles. The van der Waals surface area contributed by atoms with Crippen LogP contribution in [0.25, 0.3) is 0 Å². The Balaban J connectivity index is 1.91. The summed E-state index contributed by atoms with van der Waals surface area (Å²) in [6.45, 7) is 6.03. The molecule has 0 heterocycles. The molecular weight excluding hydrogens is 260 g/mol. The number of carbonyl (C=O) groups excluding carboxylic acids is 1. The van der Waals surface area contributed by atoms with Crippen molar-refractivity contribution < 1.29 is 4.79 Å². The maximum absolute atomic E-state index is 11.9. The standard InChI is InChI=1S/C18H36N2O/c1-16(2)11-7-5-6-10-14-19-15-18(21)20-17-12-8-3-4-9-13-17/h16-17,19H,3-15H2,1-2H3,(H,20,21). The van der Waals surface area contributed by atoms with Crippen LogP contribution in [0.5, 0.6) is 0 Å². The Bertz CT molecular complexity index is 258. The highest BCUT2D eigenvalue weighted by Crippen LogP contribution is 2.16. The van der Waals surface area contributed by atoms with Crippen LogP contribution in [0.4, 0.5) is 0 Å². The third-order valence-electron chi connectivity index (χ3n) is 4.39. The molecule has 124 valence electrons. The van der Waals surface area contributed by atoms with Gasteiger partial charge in [0, 0.05) is 6.04 Å². The van der Waals surface area contributed by atoms with Crippen molar-refractivity contribution in [3.05, 3.63) is 0 Å². The summed E-state index contributed by atoms with van der Waals surface area (Å²) in [5.74, 6) is 1.01. The Morgan fingerprint density at radius 1 is 1.00 bits per heavy atom. The average molecular weight is 296 g/mol. The van der Waals surface area contributed by atoms with E-state index in [1.807, 2.05) is 0 Å². The molecule has 0 aromatic heterocycles. The van der Waals surface area contributed by atoms with Gasteiger partial charge in [-0.3, -0.25) is 4.79 Å². The molecule has 1 fully saturated rings. The number of amides is 1. The van der Waals surface area contributed by atoms with Gasteiger partial charge in [0.15, 0.2) is 0 Å². The molecule has 1 aliphatic carbocycles. The number of hydrogen-bond donors (Lipinski definition) is 2. The van der Waals surface area contributed by atoms with Crippen molar-refractivity contribution in [3.8, 4) is 0 Å². The van der Waals surface area contributed by atoms with Crippen molar-refractivity contribution in [1.82, 2.24) is 10.6 Å². The van der Waals surface area contributed by atoms with E-state index in [0.717, 1.165) is 12.5 Å². The quantitative estimate of drug-likeness (QED) is 0.472. The van der Waals surface area contributed by atoms with Crippen LogP contribution in [0.2, 0.25) is 0 Å². The van der Waals surface area contributed by atoms with Crippen LogP contribution in [0.1, 0.15) is 84.5 Å². The Kier molecular flexibility index (Phi) is 10.6. The van der Waals surface area contributed by atoms with Gasteiger partial charge < -0.3 is 10.6 Å². The van der Waals surface area contributed by atoms with Gasteiger partial charge in [-0.1, -0.05) is 65.2 Å². The minimum atomic E-state index is 0.182. The fourth-order valence-corrected chi connectivity index (χ4v) is 3.06. The molecule has 0 spiro atoms. The van der Waals surface area contributed by atoms with Crippen molar-refractivity contribution in [2.45, 2.75) is 90.5 Å². The minimum Gasteiger partial charge on any atom is -0.352 e. The SMILES string of the molecule is CC(C)CCCCCCNCC(=O)NC1CCCCCC1. The first-order chi connectivity index (χ1) is 10.2. The summed E-state index contributed by atoms with van der Waals surface area (Å²) in [6, 6.07) is 0.429. The number of unbranched alkanes of at least 4 members (excludes halogenated alkanes) is 3. The number of nitrogens with one attached hydrogen (secondary N) is 2. The highest BCUT2D eigenvalue weighted by molar-refractivity contribution is 5.78. The van der Waals surface area contributed by atoms with Gasteiger partial charge in [0.25, 0.3) is 0 Å². The lowest BCUT2D eigenvalue weighted by molar-refractivity contribution is -0.121. The van der Waals surface area contributed by atoms with Crippen molar-refractivity contribution >= 4 is 5.91 Å². The van der Waals surface area contributed by atoms with Crippen LogP contribution < -0.4 is 10.6 Å². The predicted octanol–water partition coefficient (Wildman–Crippen LogP) is 4.02. The van der Waals surface area contributed by atoms with Crippen LogP contribution in [-0.2, 0) is 4.79 Å². The molecule has 0 aromatic carbocycles. The van der Waals surface area contributed by atoms with Gasteiger partial charge in [-0.2, -0.15) is 0 Å². The van der Waals surface area contributed by atoms with E-state index in [1.165, 1.54) is 70.6 Å². The van der Waals surface area contributed by atoms with Gasteiger partial charge >= 0.3 is 0 Å². The molecule has 0 aromatic rings. The lowest BCUT2D eigenvalue weighted by Crippen LogP contribution is -2.40. The monoisotopic (exact) mass is 296 g/mol. The van der Waals surface area contributed by atoms with E-state index in [4.69, 9.17) is 0 Å². The van der Waals surface area contributed by atoms with Crippen LogP contribution in [0.15, 0.2) is 0 Å². The zero-order chi connectivity index (χ0) is 15.3. The highest BCUT2D eigenvalue weighted by atomic mass is 16.1. The Morgan fingerprint density at radius 2 is 1.67 bits per heavy atom. The Hall–Kier alpha value is -0.570. The van der Waals surface area contributed by atoms with Crippen molar-refractivity contribution in [2.24, 2.45) is 5.92 Å². The molecular formula is C18H36N2O. The Labute approximate surface area is 131 Å². The second kappa shape index (κ2) is 12.0. The summed E-state index contributed by atoms with van der Waals surface area (Å²) < 4.78 is 0. The predicted molar refractivity (Wildman–Crippen MR) is 90.4 cm³/mol. The second-order valence-electron chi connectivity index (χ2n) is 7.03. The second-order valence-corrected chi connectivity index (χ2v) is 7.03. The number of carbonyl (C=O) groups is 1. The first-order valence-electron chi connectivity index (χ1n) is 9.18. The van der Waals surface area contributed by atoms with Gasteiger partial charge in [-0.15, -0.1) is 0 Å². The molecule has 0 aliphatic heterocycles. The van der Waals surface area contributed by atoms with Gasteiger partial charge in [0.05, 0.1) is 6.54 Å². The van der Waals surface area contributed by atoms with Crippen LogP contribution in [-0.4, -0.2) is 25.0 Å². The summed E-state index contributed by atoms with van der Waals surface area (Å²) in [7, 11) is 0. The lowest BCUT2D eigenvalue weighted by Gasteiger charge is -2.16. The molecule has 1 rings (SSSR count). The minimum absolute atomic E-state index is 0.182. The zero-order valence-corrected chi connectivity index (χ0v) is 14.3. The fourth-order valence-electron chi connectivity index (χ4n) is 3.06. The highest BCUT2D eigenvalue weighted by Gasteiger charge is 2.13. The largest absolute Gasteiger partial charge is 0.352 e. The number of hydrogen-bond acceptors (Lipinski definition) is 2. The molecule has 2 N–H and O–H groups in total. The Morgan fingerprint density at radius 3 is 2.33 bits per heavy atom. The molecule has 0 bridgehead atoms. The lowest BCUT2D eigenvalue weighted by atomic mass is 10.0.